The fourth-order valence-corrected chi connectivity index (χ4v) is 5.99. The standard InChI is InChI=1S/C48H59NO9/c1-3-5-6-7-16-35-57-48(52)44-36-43(58-47(51)39-21-27-42(28-22-39)54-32-13-9-11-15-34-56-46(50)4-2)29-30-45(44)55-33-14-10-8-12-31-53-41-25-19-38(20-26-41)37-17-23-40(49)24-18-37/h4,17-30,36H,2-3,5-16,31-35,49H2,1H3. The first kappa shape index (κ1) is 44.9. The molecular formula is C48H59NO9. The third-order valence-electron chi connectivity index (χ3n) is 9.33. The second kappa shape index (κ2) is 26.2. The van der Waals surface area contributed by atoms with Gasteiger partial charge in [0, 0.05) is 11.8 Å². The van der Waals surface area contributed by atoms with Crippen molar-refractivity contribution in [1.29, 1.82) is 0 Å². The van der Waals surface area contributed by atoms with E-state index in [2.05, 4.69) is 13.5 Å². The lowest BCUT2D eigenvalue weighted by Gasteiger charge is -2.13. The Labute approximate surface area is 343 Å². The van der Waals surface area contributed by atoms with Crippen molar-refractivity contribution < 1.29 is 42.8 Å². The molecule has 10 nitrogen and oxygen atoms in total. The minimum Gasteiger partial charge on any atom is -0.494 e. The maximum absolute atomic E-state index is 13.2. The zero-order valence-corrected chi connectivity index (χ0v) is 33.9. The molecule has 0 saturated heterocycles. The van der Waals surface area contributed by atoms with Crippen LogP contribution in [-0.2, 0) is 14.3 Å². The van der Waals surface area contributed by atoms with Crippen molar-refractivity contribution >= 4 is 23.6 Å². The van der Waals surface area contributed by atoms with Gasteiger partial charge in [-0.3, -0.25) is 0 Å². The molecule has 10 heteroatoms. The molecule has 58 heavy (non-hydrogen) atoms. The Morgan fingerprint density at radius 1 is 0.534 bits per heavy atom. The van der Waals surface area contributed by atoms with Crippen molar-refractivity contribution in [2.45, 2.75) is 90.4 Å². The van der Waals surface area contributed by atoms with Crippen molar-refractivity contribution in [3.8, 4) is 34.1 Å². The maximum atomic E-state index is 13.2. The van der Waals surface area contributed by atoms with Gasteiger partial charge < -0.3 is 34.2 Å². The van der Waals surface area contributed by atoms with E-state index in [1.165, 1.54) is 6.07 Å². The topological polar surface area (TPSA) is 133 Å². The van der Waals surface area contributed by atoms with E-state index in [-0.39, 0.29) is 11.3 Å². The van der Waals surface area contributed by atoms with E-state index in [0.29, 0.717) is 50.1 Å². The Kier molecular flexibility index (Phi) is 20.3. The van der Waals surface area contributed by atoms with Gasteiger partial charge in [0.25, 0.3) is 0 Å². The first-order valence-electron chi connectivity index (χ1n) is 20.6. The van der Waals surface area contributed by atoms with Gasteiger partial charge >= 0.3 is 17.9 Å². The van der Waals surface area contributed by atoms with E-state index in [1.807, 2.05) is 48.5 Å². The van der Waals surface area contributed by atoms with E-state index in [9.17, 15) is 14.4 Å². The molecule has 0 aliphatic carbocycles. The molecule has 0 spiro atoms. The summed E-state index contributed by atoms with van der Waals surface area (Å²) in [6.45, 7) is 7.80. The molecule has 0 heterocycles. The highest BCUT2D eigenvalue weighted by Crippen LogP contribution is 2.27. The predicted octanol–water partition coefficient (Wildman–Crippen LogP) is 11.0. The summed E-state index contributed by atoms with van der Waals surface area (Å²) in [4.78, 5) is 37.4. The molecule has 4 rings (SSSR count). The quantitative estimate of drug-likeness (QED) is 0.0195. The first-order chi connectivity index (χ1) is 28.4. The molecule has 0 aromatic heterocycles. The van der Waals surface area contributed by atoms with Gasteiger partial charge in [-0.15, -0.1) is 0 Å². The fraction of sp³-hybridized carbons (Fsp3) is 0.396. The third-order valence-corrected chi connectivity index (χ3v) is 9.33. The number of nitrogen functional groups attached to an aromatic ring is 1. The second-order valence-electron chi connectivity index (χ2n) is 14.0. The minimum atomic E-state index is -0.563. The Morgan fingerprint density at radius 2 is 1.02 bits per heavy atom. The van der Waals surface area contributed by atoms with E-state index in [1.54, 1.807) is 36.4 Å². The molecule has 0 unspecified atom stereocenters. The third kappa shape index (κ3) is 16.8. The van der Waals surface area contributed by atoms with Gasteiger partial charge in [0.05, 0.1) is 38.6 Å². The summed E-state index contributed by atoms with van der Waals surface area (Å²) >= 11 is 0. The first-order valence-corrected chi connectivity index (χ1v) is 20.6. The molecule has 310 valence electrons. The number of nitrogens with two attached hydrogens (primary N) is 1. The number of ether oxygens (including phenoxy) is 6. The zero-order chi connectivity index (χ0) is 41.2. The average molecular weight is 794 g/mol. The Hall–Kier alpha value is -5.77. The smallest absolute Gasteiger partial charge is 0.343 e. The van der Waals surface area contributed by atoms with E-state index < -0.39 is 17.9 Å². The lowest BCUT2D eigenvalue weighted by atomic mass is 10.1. The number of anilines is 1. The number of unbranched alkanes of at least 4 members (excludes halogenated alkanes) is 10. The van der Waals surface area contributed by atoms with Crippen molar-refractivity contribution in [3.05, 3.63) is 115 Å². The minimum absolute atomic E-state index is 0.215. The molecule has 0 fully saturated rings. The number of rotatable bonds is 28. The van der Waals surface area contributed by atoms with Crippen LogP contribution in [0.4, 0.5) is 5.69 Å². The number of hydrogen-bond donors (Lipinski definition) is 1. The van der Waals surface area contributed by atoms with E-state index >= 15 is 0 Å². The molecule has 0 aliphatic rings. The van der Waals surface area contributed by atoms with Crippen LogP contribution in [0, 0.1) is 0 Å². The van der Waals surface area contributed by atoms with Crippen molar-refractivity contribution in [1.82, 2.24) is 0 Å². The summed E-state index contributed by atoms with van der Waals surface area (Å²) in [5, 5.41) is 0. The number of carbonyl (C=O) groups is 3. The molecule has 0 radical (unpaired) electrons. The molecule has 0 amide bonds. The summed E-state index contributed by atoms with van der Waals surface area (Å²) in [5.74, 6) is 0.598. The van der Waals surface area contributed by atoms with Gasteiger partial charge in [-0.1, -0.05) is 63.5 Å². The van der Waals surface area contributed by atoms with E-state index in [0.717, 1.165) is 112 Å². The Morgan fingerprint density at radius 3 is 1.59 bits per heavy atom. The van der Waals surface area contributed by atoms with Gasteiger partial charge in [0.2, 0.25) is 0 Å². The van der Waals surface area contributed by atoms with Gasteiger partial charge in [-0.2, -0.15) is 0 Å². The van der Waals surface area contributed by atoms with Gasteiger partial charge in [0.1, 0.15) is 28.6 Å². The highest BCUT2D eigenvalue weighted by molar-refractivity contribution is 5.94. The molecule has 0 aliphatic heterocycles. The molecule has 4 aromatic carbocycles. The summed E-state index contributed by atoms with van der Waals surface area (Å²) < 4.78 is 34.1. The second-order valence-corrected chi connectivity index (χ2v) is 14.0. The SMILES string of the molecule is C=CC(=O)OCCCCCCOc1ccc(C(=O)Oc2ccc(OCCCCCCOc3ccc(-c4ccc(N)cc4)cc3)c(C(=O)OCCCCCCC)c2)cc1. The highest BCUT2D eigenvalue weighted by Gasteiger charge is 2.18. The normalized spacial score (nSPS) is 10.7. The van der Waals surface area contributed by atoms with Gasteiger partial charge in [0.15, 0.2) is 0 Å². The summed E-state index contributed by atoms with van der Waals surface area (Å²) in [5.41, 5.74) is 9.33. The fourth-order valence-electron chi connectivity index (χ4n) is 5.99. The zero-order valence-electron chi connectivity index (χ0n) is 33.9. The molecule has 0 bridgehead atoms. The largest absolute Gasteiger partial charge is 0.494 e. The molecule has 0 saturated carbocycles. The van der Waals surface area contributed by atoms with Gasteiger partial charge in [-0.25, -0.2) is 14.4 Å². The number of benzene rings is 4. The summed E-state index contributed by atoms with van der Waals surface area (Å²) in [7, 11) is 0. The predicted molar refractivity (Wildman–Crippen MR) is 228 cm³/mol. The van der Waals surface area contributed by atoms with Crippen molar-refractivity contribution in [2.75, 3.05) is 38.8 Å². The van der Waals surface area contributed by atoms with Crippen LogP contribution < -0.4 is 24.7 Å². The number of carbonyl (C=O) groups excluding carboxylic acids is 3. The summed E-state index contributed by atoms with van der Waals surface area (Å²) in [6, 6.07) is 27.4. The molecular weight excluding hydrogens is 735 g/mol. The van der Waals surface area contributed by atoms with Crippen molar-refractivity contribution in [3.63, 3.8) is 0 Å². The molecule has 4 aromatic rings. The summed E-state index contributed by atoms with van der Waals surface area (Å²) in [6.07, 6.45) is 13.4. The lowest BCUT2D eigenvalue weighted by molar-refractivity contribution is -0.137. The molecule has 0 atom stereocenters. The number of hydrogen-bond acceptors (Lipinski definition) is 10. The van der Waals surface area contributed by atoms with Crippen LogP contribution in [0.5, 0.6) is 23.0 Å². The van der Waals surface area contributed by atoms with Crippen LogP contribution in [0.15, 0.2) is 104 Å². The number of esters is 3. The molecule has 2 N–H and O–H groups in total. The Balaban J connectivity index is 1.20. The highest BCUT2D eigenvalue weighted by atomic mass is 16.5. The van der Waals surface area contributed by atoms with Crippen LogP contribution in [0.2, 0.25) is 0 Å². The monoisotopic (exact) mass is 793 g/mol. The van der Waals surface area contributed by atoms with Gasteiger partial charge in [-0.05, 0) is 136 Å². The Bertz CT molecular complexity index is 1820. The average Bonchev–Trinajstić information content (AvgIpc) is 3.24. The van der Waals surface area contributed by atoms with Crippen LogP contribution in [0.25, 0.3) is 11.1 Å². The maximum Gasteiger partial charge on any atom is 0.343 e. The van der Waals surface area contributed by atoms with Crippen LogP contribution in [0.3, 0.4) is 0 Å². The van der Waals surface area contributed by atoms with Crippen LogP contribution >= 0.6 is 0 Å². The van der Waals surface area contributed by atoms with E-state index in [4.69, 9.17) is 34.2 Å². The lowest BCUT2D eigenvalue weighted by Crippen LogP contribution is -2.12. The van der Waals surface area contributed by atoms with Crippen molar-refractivity contribution in [2.24, 2.45) is 0 Å². The van der Waals surface area contributed by atoms with Crippen LogP contribution in [0.1, 0.15) is 111 Å². The van der Waals surface area contributed by atoms with Crippen LogP contribution in [-0.4, -0.2) is 50.9 Å².